The summed E-state index contributed by atoms with van der Waals surface area (Å²) in [5, 5.41) is 3.22. The van der Waals surface area contributed by atoms with E-state index in [1.807, 2.05) is 13.1 Å². The van der Waals surface area contributed by atoms with Gasteiger partial charge >= 0.3 is 0 Å². The molecule has 0 aromatic heterocycles. The first-order valence-electron chi connectivity index (χ1n) is 5.54. The molecular weight excluding hydrogens is 186 g/mol. The van der Waals surface area contributed by atoms with Gasteiger partial charge < -0.3 is 10.1 Å². The lowest BCUT2D eigenvalue weighted by Gasteiger charge is -2.15. The summed E-state index contributed by atoms with van der Waals surface area (Å²) >= 11 is 0. The summed E-state index contributed by atoms with van der Waals surface area (Å²) in [6.45, 7) is 7.11. The van der Waals surface area contributed by atoms with Crippen molar-refractivity contribution >= 4 is 0 Å². The van der Waals surface area contributed by atoms with Crippen molar-refractivity contribution in [2.24, 2.45) is 0 Å². The van der Waals surface area contributed by atoms with E-state index in [1.165, 1.54) is 11.1 Å². The second-order valence-electron chi connectivity index (χ2n) is 3.95. The monoisotopic (exact) mass is 207 g/mol. The highest BCUT2D eigenvalue weighted by Crippen LogP contribution is 2.16. The minimum Gasteiger partial charge on any atom is -0.492 e. The van der Waals surface area contributed by atoms with Crippen molar-refractivity contribution in [1.82, 2.24) is 5.32 Å². The molecule has 1 aromatic carbocycles. The molecule has 0 fully saturated rings. The zero-order valence-electron chi connectivity index (χ0n) is 10.1. The van der Waals surface area contributed by atoms with Gasteiger partial charge in [0.15, 0.2) is 0 Å². The molecule has 0 spiro atoms. The summed E-state index contributed by atoms with van der Waals surface area (Å²) in [6.07, 6.45) is 1.08. The minimum atomic E-state index is 0.437. The normalized spacial score (nSPS) is 12.5. The zero-order valence-corrected chi connectivity index (χ0v) is 10.1. The number of hydrogen-bond donors (Lipinski definition) is 1. The highest BCUT2D eigenvalue weighted by molar-refractivity contribution is 5.33. The number of likely N-dealkylation sites (N-methyl/N-ethyl adjacent to an activating group) is 1. The van der Waals surface area contributed by atoms with Gasteiger partial charge in [-0.2, -0.15) is 0 Å². The molecule has 0 heterocycles. The zero-order chi connectivity index (χ0) is 11.3. The fourth-order valence-electron chi connectivity index (χ4n) is 1.41. The SMILES string of the molecule is CCC(COc1ccc(C)c(C)c1)NC. The molecule has 0 bridgehead atoms. The van der Waals surface area contributed by atoms with Crippen molar-refractivity contribution in [3.8, 4) is 5.75 Å². The van der Waals surface area contributed by atoms with E-state index >= 15 is 0 Å². The van der Waals surface area contributed by atoms with Crippen LogP contribution in [0.2, 0.25) is 0 Å². The van der Waals surface area contributed by atoms with Gasteiger partial charge in [0.25, 0.3) is 0 Å². The smallest absolute Gasteiger partial charge is 0.119 e. The predicted octanol–water partition coefficient (Wildman–Crippen LogP) is 2.68. The van der Waals surface area contributed by atoms with E-state index in [2.05, 4.69) is 38.2 Å². The van der Waals surface area contributed by atoms with Gasteiger partial charge in [-0.15, -0.1) is 0 Å². The van der Waals surface area contributed by atoms with Gasteiger partial charge in [-0.25, -0.2) is 0 Å². The highest BCUT2D eigenvalue weighted by Gasteiger charge is 2.04. The average molecular weight is 207 g/mol. The molecule has 2 heteroatoms. The lowest BCUT2D eigenvalue weighted by atomic mass is 10.1. The third-order valence-electron chi connectivity index (χ3n) is 2.83. The molecule has 0 aliphatic carbocycles. The second kappa shape index (κ2) is 5.76. The van der Waals surface area contributed by atoms with Gasteiger partial charge in [0, 0.05) is 6.04 Å². The van der Waals surface area contributed by atoms with Crippen molar-refractivity contribution in [1.29, 1.82) is 0 Å². The van der Waals surface area contributed by atoms with Gasteiger partial charge in [0.2, 0.25) is 0 Å². The predicted molar refractivity (Wildman–Crippen MR) is 64.5 cm³/mol. The molecule has 0 aliphatic rings. The molecule has 0 amide bonds. The van der Waals surface area contributed by atoms with Crippen LogP contribution in [0.25, 0.3) is 0 Å². The Hall–Kier alpha value is -1.02. The summed E-state index contributed by atoms with van der Waals surface area (Å²) in [7, 11) is 1.97. The maximum Gasteiger partial charge on any atom is 0.119 e. The van der Waals surface area contributed by atoms with E-state index in [-0.39, 0.29) is 0 Å². The second-order valence-corrected chi connectivity index (χ2v) is 3.95. The maximum atomic E-state index is 5.72. The first kappa shape index (κ1) is 12.1. The standard InChI is InChI=1S/C13H21NO/c1-5-12(14-4)9-15-13-7-6-10(2)11(3)8-13/h6-8,12,14H,5,9H2,1-4H3. The lowest BCUT2D eigenvalue weighted by molar-refractivity contribution is 0.267. The third-order valence-corrected chi connectivity index (χ3v) is 2.83. The fourth-order valence-corrected chi connectivity index (χ4v) is 1.41. The van der Waals surface area contributed by atoms with Crippen LogP contribution in [0.4, 0.5) is 0 Å². The lowest BCUT2D eigenvalue weighted by Crippen LogP contribution is -2.30. The van der Waals surface area contributed by atoms with Gasteiger partial charge in [-0.1, -0.05) is 13.0 Å². The molecular formula is C13H21NO. The number of aryl methyl sites for hydroxylation is 2. The van der Waals surface area contributed by atoms with E-state index in [1.54, 1.807) is 0 Å². The van der Waals surface area contributed by atoms with Crippen molar-refractivity contribution in [2.45, 2.75) is 33.2 Å². The Kier molecular flexibility index (Phi) is 4.63. The molecule has 15 heavy (non-hydrogen) atoms. The van der Waals surface area contributed by atoms with E-state index in [0.29, 0.717) is 6.04 Å². The highest BCUT2D eigenvalue weighted by atomic mass is 16.5. The van der Waals surface area contributed by atoms with Crippen molar-refractivity contribution in [3.05, 3.63) is 29.3 Å². The van der Waals surface area contributed by atoms with E-state index < -0.39 is 0 Å². The van der Waals surface area contributed by atoms with Crippen LogP contribution in [0.5, 0.6) is 5.75 Å². The van der Waals surface area contributed by atoms with Crippen LogP contribution in [0.15, 0.2) is 18.2 Å². The number of ether oxygens (including phenoxy) is 1. The molecule has 0 aliphatic heterocycles. The molecule has 84 valence electrons. The molecule has 0 radical (unpaired) electrons. The summed E-state index contributed by atoms with van der Waals surface area (Å²) in [5.74, 6) is 0.965. The van der Waals surface area contributed by atoms with E-state index in [4.69, 9.17) is 4.74 Å². The summed E-state index contributed by atoms with van der Waals surface area (Å²) in [5.41, 5.74) is 2.59. The van der Waals surface area contributed by atoms with Gasteiger partial charge in [-0.05, 0) is 50.6 Å². The van der Waals surface area contributed by atoms with Gasteiger partial charge in [0.05, 0.1) is 0 Å². The molecule has 2 nitrogen and oxygen atoms in total. The average Bonchev–Trinajstić information content (AvgIpc) is 2.24. The number of nitrogens with one attached hydrogen (secondary N) is 1. The van der Waals surface area contributed by atoms with Crippen LogP contribution >= 0.6 is 0 Å². The van der Waals surface area contributed by atoms with Crippen LogP contribution in [0, 0.1) is 13.8 Å². The maximum absolute atomic E-state index is 5.72. The number of benzene rings is 1. The molecule has 1 N–H and O–H groups in total. The van der Waals surface area contributed by atoms with Crippen molar-refractivity contribution in [2.75, 3.05) is 13.7 Å². The summed E-state index contributed by atoms with van der Waals surface area (Å²) in [4.78, 5) is 0. The van der Waals surface area contributed by atoms with Crippen LogP contribution in [0.1, 0.15) is 24.5 Å². The molecule has 1 aromatic rings. The van der Waals surface area contributed by atoms with Crippen molar-refractivity contribution in [3.63, 3.8) is 0 Å². The topological polar surface area (TPSA) is 21.3 Å². The van der Waals surface area contributed by atoms with Gasteiger partial charge in [-0.3, -0.25) is 0 Å². The van der Waals surface area contributed by atoms with Gasteiger partial charge in [0.1, 0.15) is 12.4 Å². The Bertz CT molecular complexity index is 305. The number of hydrogen-bond acceptors (Lipinski definition) is 2. The van der Waals surface area contributed by atoms with Crippen LogP contribution in [-0.4, -0.2) is 19.7 Å². The Labute approximate surface area is 92.6 Å². The van der Waals surface area contributed by atoms with Crippen LogP contribution < -0.4 is 10.1 Å². The summed E-state index contributed by atoms with van der Waals surface area (Å²) in [6, 6.07) is 6.67. The largest absolute Gasteiger partial charge is 0.492 e. The first-order valence-corrected chi connectivity index (χ1v) is 5.54. The quantitative estimate of drug-likeness (QED) is 0.801. The van der Waals surface area contributed by atoms with Crippen LogP contribution in [0.3, 0.4) is 0 Å². The van der Waals surface area contributed by atoms with E-state index in [0.717, 1.165) is 18.8 Å². The van der Waals surface area contributed by atoms with E-state index in [9.17, 15) is 0 Å². The minimum absolute atomic E-state index is 0.437. The molecule has 1 atom stereocenters. The van der Waals surface area contributed by atoms with Crippen molar-refractivity contribution < 1.29 is 4.74 Å². The molecule has 1 unspecified atom stereocenters. The third kappa shape index (κ3) is 3.56. The fraction of sp³-hybridized carbons (Fsp3) is 0.538. The first-order chi connectivity index (χ1) is 7.17. The summed E-state index contributed by atoms with van der Waals surface area (Å²) < 4.78 is 5.72. The Morgan fingerprint density at radius 2 is 2.00 bits per heavy atom. The molecule has 1 rings (SSSR count). The van der Waals surface area contributed by atoms with Crippen LogP contribution in [-0.2, 0) is 0 Å². The Balaban J connectivity index is 2.54. The molecule has 0 saturated heterocycles. The Morgan fingerprint density at radius 1 is 1.27 bits per heavy atom. The molecule has 0 saturated carbocycles. The Morgan fingerprint density at radius 3 is 2.53 bits per heavy atom. The number of rotatable bonds is 5.